The van der Waals surface area contributed by atoms with E-state index in [1.165, 1.54) is 6.92 Å². The van der Waals surface area contributed by atoms with Crippen LogP contribution >= 0.6 is 0 Å². The van der Waals surface area contributed by atoms with Gasteiger partial charge < -0.3 is 20.3 Å². The van der Waals surface area contributed by atoms with E-state index in [-0.39, 0.29) is 11.8 Å². The lowest BCUT2D eigenvalue weighted by molar-refractivity contribution is 0.101. The number of anilines is 3. The van der Waals surface area contributed by atoms with E-state index < -0.39 is 0 Å². The van der Waals surface area contributed by atoms with E-state index in [0.717, 1.165) is 24.5 Å². The van der Waals surface area contributed by atoms with Crippen molar-refractivity contribution in [1.82, 2.24) is 25.0 Å². The van der Waals surface area contributed by atoms with Crippen molar-refractivity contribution in [3.63, 3.8) is 0 Å². The summed E-state index contributed by atoms with van der Waals surface area (Å²) >= 11 is 0. The SMILES string of the molecule is CCn1nnc2c(N3CCOCC3)nc(-c3ccc(NC(=O)Nc4ccc(C(C)=O)cc4)cc3)nc21. The molecule has 1 aliphatic rings. The first kappa shape index (κ1) is 23.4. The van der Waals surface area contributed by atoms with E-state index in [9.17, 15) is 9.59 Å². The van der Waals surface area contributed by atoms with Gasteiger partial charge in [-0.05, 0) is 62.4 Å². The molecule has 0 saturated carbocycles. The van der Waals surface area contributed by atoms with Gasteiger partial charge in [-0.25, -0.2) is 19.4 Å². The molecule has 0 atom stereocenters. The minimum absolute atomic E-state index is 0.0262. The van der Waals surface area contributed by atoms with Crippen LogP contribution in [-0.4, -0.2) is 63.1 Å². The van der Waals surface area contributed by atoms with Crippen molar-refractivity contribution in [2.75, 3.05) is 41.8 Å². The Balaban J connectivity index is 1.35. The fourth-order valence-electron chi connectivity index (χ4n) is 3.96. The molecule has 184 valence electrons. The lowest BCUT2D eigenvalue weighted by Crippen LogP contribution is -2.37. The first-order valence-corrected chi connectivity index (χ1v) is 11.7. The van der Waals surface area contributed by atoms with Gasteiger partial charge in [-0.2, -0.15) is 0 Å². The summed E-state index contributed by atoms with van der Waals surface area (Å²) < 4.78 is 7.25. The van der Waals surface area contributed by atoms with Crippen molar-refractivity contribution in [3.05, 3.63) is 54.1 Å². The molecule has 2 N–H and O–H groups in total. The van der Waals surface area contributed by atoms with Gasteiger partial charge in [0.05, 0.1) is 13.2 Å². The number of ketones is 1. The average molecular weight is 487 g/mol. The number of hydrogen-bond acceptors (Lipinski definition) is 8. The van der Waals surface area contributed by atoms with Gasteiger partial charge in [-0.1, -0.05) is 5.21 Å². The summed E-state index contributed by atoms with van der Waals surface area (Å²) in [6, 6.07) is 13.7. The predicted octanol–water partition coefficient (Wildman–Crippen LogP) is 3.59. The maximum absolute atomic E-state index is 12.4. The van der Waals surface area contributed by atoms with Crippen LogP contribution in [0.4, 0.5) is 22.0 Å². The molecule has 1 saturated heterocycles. The summed E-state index contributed by atoms with van der Waals surface area (Å²) in [5, 5.41) is 14.1. The third-order valence-electron chi connectivity index (χ3n) is 5.90. The topological polar surface area (TPSA) is 127 Å². The summed E-state index contributed by atoms with van der Waals surface area (Å²) in [6.45, 7) is 6.84. The molecule has 11 heteroatoms. The van der Waals surface area contributed by atoms with Crippen LogP contribution in [0.2, 0.25) is 0 Å². The van der Waals surface area contributed by atoms with Gasteiger partial charge >= 0.3 is 6.03 Å². The Hall–Kier alpha value is -4.38. The number of fused-ring (bicyclic) bond motifs is 1. The van der Waals surface area contributed by atoms with E-state index in [4.69, 9.17) is 14.7 Å². The summed E-state index contributed by atoms with van der Waals surface area (Å²) in [5.41, 5.74) is 3.96. The zero-order valence-electron chi connectivity index (χ0n) is 20.1. The quantitative estimate of drug-likeness (QED) is 0.396. The Morgan fingerprint density at radius 3 is 2.19 bits per heavy atom. The third kappa shape index (κ3) is 4.86. The molecule has 4 aromatic rings. The summed E-state index contributed by atoms with van der Waals surface area (Å²) in [5.74, 6) is 1.28. The maximum atomic E-state index is 12.4. The minimum Gasteiger partial charge on any atom is -0.378 e. The highest BCUT2D eigenvalue weighted by atomic mass is 16.5. The first-order valence-electron chi connectivity index (χ1n) is 11.7. The van der Waals surface area contributed by atoms with Gasteiger partial charge in [0.1, 0.15) is 0 Å². The molecule has 36 heavy (non-hydrogen) atoms. The van der Waals surface area contributed by atoms with Crippen LogP contribution in [0.3, 0.4) is 0 Å². The highest BCUT2D eigenvalue weighted by Gasteiger charge is 2.21. The Bertz CT molecular complexity index is 1390. The number of aromatic nitrogens is 5. The molecule has 2 amide bonds. The number of urea groups is 1. The van der Waals surface area contributed by atoms with Gasteiger partial charge in [0.2, 0.25) is 0 Å². The van der Waals surface area contributed by atoms with Crippen LogP contribution < -0.4 is 15.5 Å². The largest absolute Gasteiger partial charge is 0.378 e. The number of Topliss-reactive ketones (excluding diaryl/α,β-unsaturated/α-hetero) is 1. The molecule has 5 rings (SSSR count). The second-order valence-corrected chi connectivity index (χ2v) is 8.34. The van der Waals surface area contributed by atoms with Crippen molar-refractivity contribution >= 4 is 40.2 Å². The molecule has 0 unspecified atom stereocenters. The second-order valence-electron chi connectivity index (χ2n) is 8.34. The number of rotatable bonds is 6. The fraction of sp³-hybridized carbons (Fsp3) is 0.280. The van der Waals surface area contributed by atoms with E-state index in [1.54, 1.807) is 41.1 Å². The van der Waals surface area contributed by atoms with Crippen molar-refractivity contribution < 1.29 is 14.3 Å². The number of amides is 2. The maximum Gasteiger partial charge on any atom is 0.323 e. The second kappa shape index (κ2) is 10.1. The number of morpholine rings is 1. The van der Waals surface area contributed by atoms with Crippen LogP contribution in [0, 0.1) is 0 Å². The highest BCUT2D eigenvalue weighted by molar-refractivity contribution is 6.00. The Morgan fingerprint density at radius 1 is 0.944 bits per heavy atom. The van der Waals surface area contributed by atoms with Gasteiger partial charge in [0.25, 0.3) is 0 Å². The van der Waals surface area contributed by atoms with Crippen LogP contribution in [0.1, 0.15) is 24.2 Å². The van der Waals surface area contributed by atoms with Crippen molar-refractivity contribution in [2.24, 2.45) is 0 Å². The van der Waals surface area contributed by atoms with Gasteiger partial charge in [-0.3, -0.25) is 4.79 Å². The smallest absolute Gasteiger partial charge is 0.323 e. The van der Waals surface area contributed by atoms with Gasteiger partial charge in [0.15, 0.2) is 28.6 Å². The number of carbonyl (C=O) groups excluding carboxylic acids is 2. The van der Waals surface area contributed by atoms with E-state index in [1.807, 2.05) is 19.1 Å². The number of hydrogen-bond donors (Lipinski definition) is 2. The van der Waals surface area contributed by atoms with Crippen molar-refractivity contribution in [3.8, 4) is 11.4 Å². The molecule has 3 heterocycles. The predicted molar refractivity (Wildman–Crippen MR) is 136 cm³/mol. The number of nitrogens with one attached hydrogen (secondary N) is 2. The van der Waals surface area contributed by atoms with Crippen LogP contribution in [0.25, 0.3) is 22.6 Å². The number of nitrogens with zero attached hydrogens (tertiary/aromatic N) is 6. The Morgan fingerprint density at radius 2 is 1.58 bits per heavy atom. The number of benzene rings is 2. The fourth-order valence-corrected chi connectivity index (χ4v) is 3.96. The zero-order chi connectivity index (χ0) is 25.1. The van der Waals surface area contributed by atoms with E-state index in [2.05, 4.69) is 25.8 Å². The molecule has 0 bridgehead atoms. The Labute approximate surface area is 207 Å². The number of carbonyl (C=O) groups is 2. The van der Waals surface area contributed by atoms with E-state index >= 15 is 0 Å². The summed E-state index contributed by atoms with van der Waals surface area (Å²) in [7, 11) is 0. The number of ether oxygens (including phenoxy) is 1. The first-order chi connectivity index (χ1) is 17.5. The van der Waals surface area contributed by atoms with Crippen LogP contribution in [0.15, 0.2) is 48.5 Å². The molecule has 1 fully saturated rings. The molecule has 0 radical (unpaired) electrons. The molecule has 2 aromatic carbocycles. The van der Waals surface area contributed by atoms with Gasteiger partial charge in [-0.15, -0.1) is 5.10 Å². The normalized spacial score (nSPS) is 13.6. The molecule has 11 nitrogen and oxygen atoms in total. The molecule has 0 aliphatic carbocycles. The van der Waals surface area contributed by atoms with E-state index in [0.29, 0.717) is 53.7 Å². The zero-order valence-corrected chi connectivity index (χ0v) is 20.1. The minimum atomic E-state index is -0.386. The lowest BCUT2D eigenvalue weighted by atomic mass is 10.1. The third-order valence-corrected chi connectivity index (χ3v) is 5.90. The molecule has 2 aromatic heterocycles. The summed E-state index contributed by atoms with van der Waals surface area (Å²) in [4.78, 5) is 35.5. The van der Waals surface area contributed by atoms with Crippen molar-refractivity contribution in [2.45, 2.75) is 20.4 Å². The molecule has 1 aliphatic heterocycles. The summed E-state index contributed by atoms with van der Waals surface area (Å²) in [6.07, 6.45) is 0. The average Bonchev–Trinajstić information content (AvgIpc) is 3.32. The highest BCUT2D eigenvalue weighted by Crippen LogP contribution is 2.27. The molecule has 0 spiro atoms. The Kier molecular flexibility index (Phi) is 6.54. The van der Waals surface area contributed by atoms with Crippen LogP contribution in [-0.2, 0) is 11.3 Å². The molecular weight excluding hydrogens is 460 g/mol. The standard InChI is InChI=1S/C25H26N8O3/c1-3-33-24-21(30-31-33)23(32-12-14-36-15-13-32)28-22(29-24)18-6-10-20(11-7-18)27-25(35)26-19-8-4-17(5-9-19)16(2)34/h4-11H,3,12-15H2,1-2H3,(H2,26,27,35). The number of aryl methyl sites for hydroxylation is 1. The molecular formula is C25H26N8O3. The monoisotopic (exact) mass is 486 g/mol. The van der Waals surface area contributed by atoms with Gasteiger partial charge in [0, 0.05) is 42.1 Å². The van der Waals surface area contributed by atoms with Crippen LogP contribution in [0.5, 0.6) is 0 Å². The lowest BCUT2D eigenvalue weighted by Gasteiger charge is -2.27. The van der Waals surface area contributed by atoms with Crippen molar-refractivity contribution in [1.29, 1.82) is 0 Å².